The van der Waals surface area contributed by atoms with Crippen molar-refractivity contribution < 1.29 is 0 Å². The van der Waals surface area contributed by atoms with E-state index >= 15 is 0 Å². The van der Waals surface area contributed by atoms with Crippen molar-refractivity contribution in [2.45, 2.75) is 51.9 Å². The minimum absolute atomic E-state index is 0.656. The number of hydrogen-bond acceptors (Lipinski definition) is 2. The Hall–Kier alpha value is -0.830. The summed E-state index contributed by atoms with van der Waals surface area (Å²) in [6.07, 6.45) is 8.89. The predicted octanol–water partition coefficient (Wildman–Crippen LogP) is 3.33. The highest BCUT2D eigenvalue weighted by Crippen LogP contribution is 2.35. The van der Waals surface area contributed by atoms with Gasteiger partial charge in [0.2, 0.25) is 0 Å². The average molecular weight is 263 g/mol. The molecule has 1 heterocycles. The van der Waals surface area contributed by atoms with E-state index in [1.165, 1.54) is 37.8 Å². The number of nitrogens with zero attached hydrogens (tertiary/aromatic N) is 2. The standard InChI is InChI=1S/C16H29N3/c1-13(2)11-17-12-14-7-5-4-6-8-15(14)16-9-10-19(3)18-16/h9-10,13-15,17H,4-8,11-12H2,1-3H3. The number of aryl methyl sites for hydroxylation is 1. The van der Waals surface area contributed by atoms with Crippen LogP contribution in [0.25, 0.3) is 0 Å². The molecule has 0 saturated heterocycles. The van der Waals surface area contributed by atoms with Crippen LogP contribution < -0.4 is 5.32 Å². The first-order valence-corrected chi connectivity index (χ1v) is 7.87. The lowest BCUT2D eigenvalue weighted by molar-refractivity contribution is 0.360. The second-order valence-corrected chi connectivity index (χ2v) is 6.47. The lowest BCUT2D eigenvalue weighted by Gasteiger charge is -2.24. The molecule has 19 heavy (non-hydrogen) atoms. The van der Waals surface area contributed by atoms with Gasteiger partial charge in [-0.25, -0.2) is 0 Å². The molecular weight excluding hydrogens is 234 g/mol. The molecular formula is C16H29N3. The maximum atomic E-state index is 4.66. The van der Waals surface area contributed by atoms with Crippen LogP contribution in [-0.2, 0) is 7.05 Å². The Bertz CT molecular complexity index is 370. The Balaban J connectivity index is 1.98. The van der Waals surface area contributed by atoms with Gasteiger partial charge in [0.15, 0.2) is 0 Å². The van der Waals surface area contributed by atoms with Gasteiger partial charge in [0.1, 0.15) is 0 Å². The maximum absolute atomic E-state index is 4.66. The van der Waals surface area contributed by atoms with Crippen LogP contribution in [0.15, 0.2) is 12.3 Å². The van der Waals surface area contributed by atoms with Gasteiger partial charge in [0.05, 0.1) is 5.69 Å². The molecule has 0 bridgehead atoms. The first-order valence-electron chi connectivity index (χ1n) is 7.87. The van der Waals surface area contributed by atoms with Crippen LogP contribution >= 0.6 is 0 Å². The zero-order valence-corrected chi connectivity index (χ0v) is 12.7. The van der Waals surface area contributed by atoms with E-state index < -0.39 is 0 Å². The Labute approximate surface area is 117 Å². The normalized spacial score (nSPS) is 24.6. The summed E-state index contributed by atoms with van der Waals surface area (Å²) in [7, 11) is 2.02. The van der Waals surface area contributed by atoms with E-state index in [-0.39, 0.29) is 0 Å². The van der Waals surface area contributed by atoms with Crippen molar-refractivity contribution in [2.75, 3.05) is 13.1 Å². The van der Waals surface area contributed by atoms with Crippen LogP contribution in [0.3, 0.4) is 0 Å². The largest absolute Gasteiger partial charge is 0.316 e. The highest BCUT2D eigenvalue weighted by Gasteiger charge is 2.26. The highest BCUT2D eigenvalue weighted by molar-refractivity contribution is 5.09. The topological polar surface area (TPSA) is 29.9 Å². The molecule has 1 aliphatic carbocycles. The highest BCUT2D eigenvalue weighted by atomic mass is 15.2. The number of nitrogens with one attached hydrogen (secondary N) is 1. The minimum Gasteiger partial charge on any atom is -0.316 e. The second kappa shape index (κ2) is 7.09. The quantitative estimate of drug-likeness (QED) is 0.826. The van der Waals surface area contributed by atoms with Crippen LogP contribution in [0.5, 0.6) is 0 Å². The SMILES string of the molecule is CC(C)CNCC1CCCCCC1c1ccn(C)n1. The summed E-state index contributed by atoms with van der Waals surface area (Å²) in [5.41, 5.74) is 1.31. The maximum Gasteiger partial charge on any atom is 0.0658 e. The fraction of sp³-hybridized carbons (Fsp3) is 0.812. The van der Waals surface area contributed by atoms with E-state index in [0.29, 0.717) is 5.92 Å². The molecule has 3 heteroatoms. The third-order valence-corrected chi connectivity index (χ3v) is 4.23. The van der Waals surface area contributed by atoms with Crippen LogP contribution in [-0.4, -0.2) is 22.9 Å². The van der Waals surface area contributed by atoms with E-state index in [9.17, 15) is 0 Å². The molecule has 1 N–H and O–H groups in total. The number of aromatic nitrogens is 2. The van der Waals surface area contributed by atoms with Crippen molar-refractivity contribution in [1.82, 2.24) is 15.1 Å². The van der Waals surface area contributed by atoms with Gasteiger partial charge >= 0.3 is 0 Å². The van der Waals surface area contributed by atoms with Crippen LogP contribution in [0.1, 0.15) is 57.6 Å². The van der Waals surface area contributed by atoms with E-state index in [1.54, 1.807) is 0 Å². The molecule has 1 fully saturated rings. The fourth-order valence-electron chi connectivity index (χ4n) is 3.21. The summed E-state index contributed by atoms with van der Waals surface area (Å²) in [5.74, 6) is 2.15. The Morgan fingerprint density at radius 2 is 2.11 bits per heavy atom. The molecule has 0 aliphatic heterocycles. The molecule has 2 unspecified atom stereocenters. The van der Waals surface area contributed by atoms with Gasteiger partial charge in [-0.3, -0.25) is 4.68 Å². The van der Waals surface area contributed by atoms with Gasteiger partial charge in [-0.1, -0.05) is 33.1 Å². The number of hydrogen-bond donors (Lipinski definition) is 1. The zero-order valence-electron chi connectivity index (χ0n) is 12.7. The van der Waals surface area contributed by atoms with E-state index in [4.69, 9.17) is 0 Å². The third kappa shape index (κ3) is 4.34. The Kier molecular flexibility index (Phi) is 5.44. The molecule has 3 nitrogen and oxygen atoms in total. The molecule has 0 amide bonds. The smallest absolute Gasteiger partial charge is 0.0658 e. The summed E-state index contributed by atoms with van der Waals surface area (Å²) in [6, 6.07) is 2.21. The van der Waals surface area contributed by atoms with E-state index in [1.807, 2.05) is 11.7 Å². The third-order valence-electron chi connectivity index (χ3n) is 4.23. The van der Waals surface area contributed by atoms with Crippen molar-refractivity contribution in [2.24, 2.45) is 18.9 Å². The lowest BCUT2D eigenvalue weighted by Crippen LogP contribution is -2.29. The molecule has 1 aliphatic rings. The van der Waals surface area contributed by atoms with Crippen molar-refractivity contribution in [3.05, 3.63) is 18.0 Å². The van der Waals surface area contributed by atoms with Gasteiger partial charge in [-0.05, 0) is 43.8 Å². The number of rotatable bonds is 5. The average Bonchev–Trinajstić information content (AvgIpc) is 2.65. The summed E-state index contributed by atoms with van der Waals surface area (Å²) < 4.78 is 1.94. The second-order valence-electron chi connectivity index (χ2n) is 6.47. The zero-order chi connectivity index (χ0) is 13.7. The van der Waals surface area contributed by atoms with Gasteiger partial charge in [0.25, 0.3) is 0 Å². The van der Waals surface area contributed by atoms with Crippen LogP contribution in [0.2, 0.25) is 0 Å². The molecule has 0 aromatic carbocycles. The summed E-state index contributed by atoms with van der Waals surface area (Å²) in [4.78, 5) is 0. The van der Waals surface area contributed by atoms with Crippen molar-refractivity contribution in [3.63, 3.8) is 0 Å². The molecule has 1 saturated carbocycles. The first-order chi connectivity index (χ1) is 9.16. The molecule has 0 radical (unpaired) electrons. The van der Waals surface area contributed by atoms with Crippen molar-refractivity contribution >= 4 is 0 Å². The van der Waals surface area contributed by atoms with Crippen LogP contribution in [0.4, 0.5) is 0 Å². The molecule has 2 atom stereocenters. The Morgan fingerprint density at radius 3 is 2.79 bits per heavy atom. The summed E-state index contributed by atoms with van der Waals surface area (Å²) >= 11 is 0. The molecule has 2 rings (SSSR count). The van der Waals surface area contributed by atoms with Gasteiger partial charge in [-0.2, -0.15) is 5.10 Å². The fourth-order valence-corrected chi connectivity index (χ4v) is 3.21. The van der Waals surface area contributed by atoms with Gasteiger partial charge in [-0.15, -0.1) is 0 Å². The monoisotopic (exact) mass is 263 g/mol. The molecule has 0 spiro atoms. The van der Waals surface area contributed by atoms with Crippen molar-refractivity contribution in [3.8, 4) is 0 Å². The van der Waals surface area contributed by atoms with Crippen LogP contribution in [0, 0.1) is 11.8 Å². The van der Waals surface area contributed by atoms with Crippen molar-refractivity contribution in [1.29, 1.82) is 0 Å². The molecule has 108 valence electrons. The first kappa shape index (κ1) is 14.6. The summed E-state index contributed by atoms with van der Waals surface area (Å²) in [5, 5.41) is 8.31. The van der Waals surface area contributed by atoms with E-state index in [0.717, 1.165) is 24.9 Å². The summed E-state index contributed by atoms with van der Waals surface area (Å²) in [6.45, 7) is 6.83. The molecule has 1 aromatic heterocycles. The lowest BCUT2D eigenvalue weighted by atomic mass is 9.85. The predicted molar refractivity (Wildman–Crippen MR) is 80.2 cm³/mol. The van der Waals surface area contributed by atoms with Gasteiger partial charge < -0.3 is 5.32 Å². The minimum atomic E-state index is 0.656. The van der Waals surface area contributed by atoms with Gasteiger partial charge in [0, 0.05) is 19.2 Å². The molecule has 1 aromatic rings. The Morgan fingerprint density at radius 1 is 1.32 bits per heavy atom. The van der Waals surface area contributed by atoms with E-state index in [2.05, 4.69) is 36.5 Å².